The maximum absolute atomic E-state index is 12.1. The van der Waals surface area contributed by atoms with Crippen molar-refractivity contribution in [2.75, 3.05) is 50.0 Å². The highest BCUT2D eigenvalue weighted by molar-refractivity contribution is 14.0. The highest BCUT2D eigenvalue weighted by Gasteiger charge is 2.21. The number of phenolic OH excluding ortho intramolecular Hbond substituents is 1. The second-order valence-corrected chi connectivity index (χ2v) is 6.96. The zero-order chi connectivity index (χ0) is 20.6. The van der Waals surface area contributed by atoms with E-state index in [-0.39, 0.29) is 29.9 Å². The highest BCUT2D eigenvalue weighted by Crippen LogP contribution is 2.27. The summed E-state index contributed by atoms with van der Waals surface area (Å²) in [5, 5.41) is 16.1. The number of carbonyl (C=O) groups is 1. The summed E-state index contributed by atoms with van der Waals surface area (Å²) in [7, 11) is 1.74. The Morgan fingerprint density at radius 1 is 1.17 bits per heavy atom. The number of para-hydroxylation sites is 2. The van der Waals surface area contributed by atoms with Crippen molar-refractivity contribution in [3.63, 3.8) is 0 Å². The number of nitrogens with zero attached hydrogens (tertiary/aromatic N) is 4. The lowest BCUT2D eigenvalue weighted by Crippen LogP contribution is -2.52. The number of aliphatic imine (C=N–C) groups is 1. The van der Waals surface area contributed by atoms with E-state index in [1.165, 1.54) is 0 Å². The van der Waals surface area contributed by atoms with Crippen molar-refractivity contribution in [1.82, 2.24) is 15.2 Å². The molecular weight excluding hydrogens is 495 g/mol. The number of hydrogen-bond donors (Lipinski definition) is 3. The fourth-order valence-electron chi connectivity index (χ4n) is 3.26. The number of nitrogens with one attached hydrogen (secondary N) is 2. The molecule has 0 aliphatic carbocycles. The van der Waals surface area contributed by atoms with Crippen molar-refractivity contribution in [2.45, 2.75) is 13.3 Å². The minimum atomic E-state index is -0.0892. The number of hydrogen-bond acceptors (Lipinski definition) is 5. The Morgan fingerprint density at radius 2 is 1.90 bits per heavy atom. The number of aromatic nitrogens is 1. The van der Waals surface area contributed by atoms with Crippen LogP contribution in [0.4, 0.5) is 11.5 Å². The van der Waals surface area contributed by atoms with Crippen LogP contribution in [0.1, 0.15) is 12.0 Å². The van der Waals surface area contributed by atoms with Gasteiger partial charge in [-0.05, 0) is 30.7 Å². The fourth-order valence-corrected chi connectivity index (χ4v) is 3.26. The van der Waals surface area contributed by atoms with Crippen LogP contribution in [-0.4, -0.2) is 66.6 Å². The first kappa shape index (κ1) is 23.7. The van der Waals surface area contributed by atoms with E-state index in [0.29, 0.717) is 24.5 Å². The van der Waals surface area contributed by atoms with Crippen molar-refractivity contribution < 1.29 is 9.90 Å². The van der Waals surface area contributed by atoms with Crippen LogP contribution in [0.25, 0.3) is 0 Å². The molecule has 1 fully saturated rings. The van der Waals surface area contributed by atoms with E-state index in [9.17, 15) is 9.90 Å². The third-order valence-electron chi connectivity index (χ3n) is 4.83. The largest absolute Gasteiger partial charge is 0.506 e. The second kappa shape index (κ2) is 11.6. The van der Waals surface area contributed by atoms with Crippen LogP contribution in [0.5, 0.6) is 5.75 Å². The molecule has 162 valence electrons. The Bertz CT molecular complexity index is 851. The van der Waals surface area contributed by atoms with Gasteiger partial charge in [-0.15, -0.1) is 24.0 Å². The standard InChI is InChI=1S/C21H28N6O2.HI/c1-16-7-8-19(24-15-16)25-20(29)9-10-23-21(22-2)27-13-11-26(12-14-27)17-5-3-4-6-18(17)28;/h3-8,15,28H,9-14H2,1-2H3,(H,22,23)(H,24,25,29);1H. The zero-order valence-electron chi connectivity index (χ0n) is 17.3. The van der Waals surface area contributed by atoms with Crippen molar-refractivity contribution >= 4 is 47.3 Å². The van der Waals surface area contributed by atoms with Crippen molar-refractivity contribution in [1.29, 1.82) is 0 Å². The molecule has 3 rings (SSSR count). The Hall–Kier alpha value is -2.56. The quantitative estimate of drug-likeness (QED) is 0.316. The van der Waals surface area contributed by atoms with E-state index in [0.717, 1.165) is 43.4 Å². The molecule has 0 atom stereocenters. The fraction of sp³-hybridized carbons (Fsp3) is 0.381. The molecule has 0 unspecified atom stereocenters. The summed E-state index contributed by atoms with van der Waals surface area (Å²) < 4.78 is 0. The van der Waals surface area contributed by atoms with E-state index in [1.807, 2.05) is 31.2 Å². The number of halogens is 1. The van der Waals surface area contributed by atoms with Crippen LogP contribution in [0.15, 0.2) is 47.6 Å². The first-order valence-corrected chi connectivity index (χ1v) is 9.78. The monoisotopic (exact) mass is 524 g/mol. The number of benzene rings is 1. The van der Waals surface area contributed by atoms with Gasteiger partial charge in [-0.25, -0.2) is 4.98 Å². The minimum absolute atomic E-state index is 0. The summed E-state index contributed by atoms with van der Waals surface area (Å²) in [4.78, 5) is 25.0. The van der Waals surface area contributed by atoms with Gasteiger partial charge in [-0.2, -0.15) is 0 Å². The Morgan fingerprint density at radius 3 is 2.53 bits per heavy atom. The molecule has 0 radical (unpaired) electrons. The predicted octanol–water partition coefficient (Wildman–Crippen LogP) is 2.44. The van der Waals surface area contributed by atoms with E-state index in [2.05, 4.69) is 30.4 Å². The van der Waals surface area contributed by atoms with Gasteiger partial charge < -0.3 is 25.5 Å². The van der Waals surface area contributed by atoms with E-state index >= 15 is 0 Å². The molecule has 8 nitrogen and oxygen atoms in total. The molecule has 1 amide bonds. The molecule has 1 saturated heterocycles. The summed E-state index contributed by atoms with van der Waals surface area (Å²) >= 11 is 0. The number of anilines is 2. The second-order valence-electron chi connectivity index (χ2n) is 6.96. The molecule has 0 spiro atoms. The van der Waals surface area contributed by atoms with E-state index < -0.39 is 0 Å². The molecule has 0 bridgehead atoms. The number of aryl methyl sites for hydroxylation is 1. The lowest BCUT2D eigenvalue weighted by molar-refractivity contribution is -0.116. The normalized spacial score (nSPS) is 14.1. The van der Waals surface area contributed by atoms with Crippen LogP contribution in [0.2, 0.25) is 0 Å². The maximum Gasteiger partial charge on any atom is 0.227 e. The van der Waals surface area contributed by atoms with Crippen LogP contribution in [-0.2, 0) is 4.79 Å². The van der Waals surface area contributed by atoms with Gasteiger partial charge >= 0.3 is 0 Å². The predicted molar refractivity (Wildman–Crippen MR) is 131 cm³/mol. The number of pyridine rings is 1. The van der Waals surface area contributed by atoms with E-state index in [4.69, 9.17) is 0 Å². The van der Waals surface area contributed by atoms with Gasteiger partial charge in [-0.1, -0.05) is 18.2 Å². The highest BCUT2D eigenvalue weighted by atomic mass is 127. The number of guanidine groups is 1. The number of amides is 1. The van der Waals surface area contributed by atoms with Gasteiger partial charge in [0.2, 0.25) is 5.91 Å². The van der Waals surface area contributed by atoms with Gasteiger partial charge in [0.15, 0.2) is 5.96 Å². The molecule has 9 heteroatoms. The summed E-state index contributed by atoms with van der Waals surface area (Å²) in [6.07, 6.45) is 2.05. The lowest BCUT2D eigenvalue weighted by atomic mass is 10.2. The summed E-state index contributed by atoms with van der Waals surface area (Å²) in [6.45, 7) is 5.59. The van der Waals surface area contributed by atoms with Gasteiger partial charge in [0, 0.05) is 52.4 Å². The smallest absolute Gasteiger partial charge is 0.227 e. The molecule has 1 aliphatic heterocycles. The summed E-state index contributed by atoms with van der Waals surface area (Å²) in [5.41, 5.74) is 1.91. The molecule has 0 saturated carbocycles. The SMILES string of the molecule is CN=C(NCCC(=O)Nc1ccc(C)cn1)N1CCN(c2ccccc2O)CC1.I. The van der Waals surface area contributed by atoms with Crippen LogP contribution in [0.3, 0.4) is 0 Å². The number of carbonyl (C=O) groups excluding carboxylic acids is 1. The molecule has 1 aliphatic rings. The van der Waals surface area contributed by atoms with Crippen molar-refractivity contribution in [3.8, 4) is 5.75 Å². The molecule has 2 aromatic rings. The van der Waals surface area contributed by atoms with Crippen molar-refractivity contribution in [2.24, 2.45) is 4.99 Å². The first-order chi connectivity index (χ1) is 14.1. The van der Waals surface area contributed by atoms with Gasteiger partial charge in [-0.3, -0.25) is 9.79 Å². The number of rotatable bonds is 5. The maximum atomic E-state index is 12.1. The van der Waals surface area contributed by atoms with Gasteiger partial charge in [0.1, 0.15) is 11.6 Å². The van der Waals surface area contributed by atoms with Crippen molar-refractivity contribution in [3.05, 3.63) is 48.2 Å². The van der Waals surface area contributed by atoms with Crippen LogP contribution in [0, 0.1) is 6.92 Å². The van der Waals surface area contributed by atoms with E-state index in [1.54, 1.807) is 25.4 Å². The first-order valence-electron chi connectivity index (χ1n) is 9.78. The lowest BCUT2D eigenvalue weighted by Gasteiger charge is -2.37. The number of piperazine rings is 1. The average Bonchev–Trinajstić information content (AvgIpc) is 2.74. The van der Waals surface area contributed by atoms with Gasteiger partial charge in [0.05, 0.1) is 5.69 Å². The van der Waals surface area contributed by atoms with Crippen LogP contribution >= 0.6 is 24.0 Å². The third-order valence-corrected chi connectivity index (χ3v) is 4.83. The number of aromatic hydroxyl groups is 1. The zero-order valence-corrected chi connectivity index (χ0v) is 19.7. The summed E-state index contributed by atoms with van der Waals surface area (Å²) in [5.74, 6) is 1.56. The molecule has 3 N–H and O–H groups in total. The molecule has 1 aromatic heterocycles. The van der Waals surface area contributed by atoms with Gasteiger partial charge in [0.25, 0.3) is 0 Å². The molecule has 2 heterocycles. The topological polar surface area (TPSA) is 93.1 Å². The number of phenols is 1. The Balaban J connectivity index is 0.00000320. The third kappa shape index (κ3) is 6.48. The Kier molecular flexibility index (Phi) is 9.15. The molecule has 1 aromatic carbocycles. The Labute approximate surface area is 194 Å². The average molecular weight is 524 g/mol. The molecular formula is C21H29IN6O2. The molecule has 30 heavy (non-hydrogen) atoms. The van der Waals surface area contributed by atoms with Crippen LogP contribution < -0.4 is 15.5 Å². The summed E-state index contributed by atoms with van der Waals surface area (Å²) in [6, 6.07) is 11.1. The minimum Gasteiger partial charge on any atom is -0.506 e.